The lowest BCUT2D eigenvalue weighted by Gasteiger charge is -2.37. The van der Waals surface area contributed by atoms with Gasteiger partial charge in [0.1, 0.15) is 11.9 Å². The highest BCUT2D eigenvalue weighted by atomic mass is 19.1. The van der Waals surface area contributed by atoms with Gasteiger partial charge >= 0.3 is 0 Å². The molecule has 0 radical (unpaired) electrons. The first kappa shape index (κ1) is 25.8. The van der Waals surface area contributed by atoms with Crippen molar-refractivity contribution in [3.63, 3.8) is 0 Å². The molecule has 10 heteroatoms. The number of fused-ring (bicyclic) bond motifs is 1. The maximum absolute atomic E-state index is 14.5. The van der Waals surface area contributed by atoms with Gasteiger partial charge in [-0.05, 0) is 36.5 Å². The minimum Gasteiger partial charge on any atom is -0.369 e. The molecule has 0 unspecified atom stereocenters. The quantitative estimate of drug-likeness (QED) is 0.453. The molecule has 1 saturated carbocycles. The molecule has 0 saturated heterocycles. The number of nitrogens with one attached hydrogen (secondary N) is 2. The number of nitrogens with zero attached hydrogens (tertiary/aromatic N) is 3. The van der Waals surface area contributed by atoms with Crippen LogP contribution in [0.25, 0.3) is 10.9 Å². The van der Waals surface area contributed by atoms with Crippen LogP contribution < -0.4 is 16.4 Å². The van der Waals surface area contributed by atoms with Crippen molar-refractivity contribution in [3.8, 4) is 6.07 Å². The van der Waals surface area contributed by atoms with E-state index in [0.29, 0.717) is 29.3 Å². The van der Waals surface area contributed by atoms with Crippen molar-refractivity contribution < 1.29 is 18.8 Å². The summed E-state index contributed by atoms with van der Waals surface area (Å²) in [6.07, 6.45) is 0.958. The maximum atomic E-state index is 14.5. The number of halogens is 1. The van der Waals surface area contributed by atoms with E-state index in [2.05, 4.69) is 15.7 Å². The lowest BCUT2D eigenvalue weighted by molar-refractivity contribution is -0.130. The molecule has 37 heavy (non-hydrogen) atoms. The number of hydrogen-bond acceptors (Lipinski definition) is 5. The predicted molar refractivity (Wildman–Crippen MR) is 135 cm³/mol. The Hall–Kier alpha value is -4.26. The Balaban J connectivity index is 1.57. The molecule has 4 N–H and O–H groups in total. The van der Waals surface area contributed by atoms with Gasteiger partial charge in [-0.25, -0.2) is 4.39 Å². The highest BCUT2D eigenvalue weighted by molar-refractivity contribution is 6.06. The molecule has 0 bridgehead atoms. The van der Waals surface area contributed by atoms with Crippen LogP contribution in [0.4, 0.5) is 4.39 Å². The van der Waals surface area contributed by atoms with Crippen LogP contribution in [0.5, 0.6) is 0 Å². The average molecular weight is 505 g/mol. The highest BCUT2D eigenvalue weighted by Gasteiger charge is 2.39. The second kappa shape index (κ2) is 10.0. The number of primary amides is 1. The zero-order valence-electron chi connectivity index (χ0n) is 20.9. The Morgan fingerprint density at radius 2 is 1.92 bits per heavy atom. The molecular weight excluding hydrogens is 475 g/mol. The van der Waals surface area contributed by atoms with Gasteiger partial charge in [-0.3, -0.25) is 19.1 Å². The van der Waals surface area contributed by atoms with Gasteiger partial charge < -0.3 is 16.4 Å². The molecule has 4 rings (SSSR count). The van der Waals surface area contributed by atoms with E-state index in [0.717, 1.165) is 6.07 Å². The maximum Gasteiger partial charge on any atom is 0.273 e. The molecule has 3 aromatic rings. The van der Waals surface area contributed by atoms with Crippen molar-refractivity contribution in [1.82, 2.24) is 20.4 Å². The molecule has 1 aliphatic carbocycles. The second-order valence-corrected chi connectivity index (χ2v) is 10.5. The van der Waals surface area contributed by atoms with E-state index in [1.54, 1.807) is 24.3 Å². The standard InChI is InChI=1S/C27H29FN6O3/c1-27(2,3)23(26(37)31-18-11-17(12-18)24(30)35)32-25(36)22-19-6-4-5-7-21(19)34(33-22)14-16-9-8-15(13-29)10-20(16)28/h4-10,17-18,23H,11-12,14H2,1-3H3,(H2,30,35)(H,31,37)(H,32,36)/t17-,18+,23-/m1/s1. The van der Waals surface area contributed by atoms with Crippen molar-refractivity contribution >= 4 is 28.6 Å². The van der Waals surface area contributed by atoms with Gasteiger partial charge in [0.05, 0.1) is 23.7 Å². The number of nitrogens with two attached hydrogens (primary N) is 1. The van der Waals surface area contributed by atoms with E-state index >= 15 is 0 Å². The number of carbonyl (C=O) groups is 3. The summed E-state index contributed by atoms with van der Waals surface area (Å²) in [6.45, 7) is 5.58. The predicted octanol–water partition coefficient (Wildman–Crippen LogP) is 2.62. The van der Waals surface area contributed by atoms with Crippen LogP contribution in [0.3, 0.4) is 0 Å². The average Bonchev–Trinajstić information content (AvgIpc) is 3.18. The molecule has 1 atom stereocenters. The largest absolute Gasteiger partial charge is 0.369 e. The number of nitriles is 1. The fourth-order valence-electron chi connectivity index (χ4n) is 4.45. The Morgan fingerprint density at radius 3 is 2.54 bits per heavy atom. The number of para-hydroxylation sites is 1. The number of hydrogen-bond donors (Lipinski definition) is 3. The summed E-state index contributed by atoms with van der Waals surface area (Å²) in [5.74, 6) is -2.05. The van der Waals surface area contributed by atoms with E-state index in [1.165, 1.54) is 16.8 Å². The monoisotopic (exact) mass is 504 g/mol. The summed E-state index contributed by atoms with van der Waals surface area (Å²) in [5, 5.41) is 19.8. The number of rotatable bonds is 7. The summed E-state index contributed by atoms with van der Waals surface area (Å²) in [6, 6.07) is 12.2. The summed E-state index contributed by atoms with van der Waals surface area (Å²) in [4.78, 5) is 37.8. The van der Waals surface area contributed by atoms with Crippen molar-refractivity contribution in [2.75, 3.05) is 0 Å². The molecule has 2 aromatic carbocycles. The van der Waals surface area contributed by atoms with Crippen LogP contribution in [-0.4, -0.2) is 39.6 Å². The first-order chi connectivity index (χ1) is 17.5. The van der Waals surface area contributed by atoms with E-state index in [-0.39, 0.29) is 41.6 Å². The first-order valence-corrected chi connectivity index (χ1v) is 12.0. The van der Waals surface area contributed by atoms with E-state index in [4.69, 9.17) is 11.0 Å². The summed E-state index contributed by atoms with van der Waals surface area (Å²) in [5.41, 5.74) is 5.98. The van der Waals surface area contributed by atoms with Crippen LogP contribution >= 0.6 is 0 Å². The Bertz CT molecular complexity index is 1410. The van der Waals surface area contributed by atoms with Gasteiger partial charge in [0, 0.05) is 22.9 Å². The van der Waals surface area contributed by atoms with Crippen molar-refractivity contribution in [2.24, 2.45) is 17.1 Å². The van der Waals surface area contributed by atoms with Gasteiger partial charge in [0.25, 0.3) is 5.91 Å². The smallest absolute Gasteiger partial charge is 0.273 e. The van der Waals surface area contributed by atoms with E-state index in [9.17, 15) is 18.8 Å². The topological polar surface area (TPSA) is 143 Å². The fraction of sp³-hybridized carbons (Fsp3) is 0.370. The lowest BCUT2D eigenvalue weighted by Crippen LogP contribution is -2.58. The van der Waals surface area contributed by atoms with Gasteiger partial charge in [0.2, 0.25) is 11.8 Å². The molecule has 3 amide bonds. The first-order valence-electron chi connectivity index (χ1n) is 12.0. The summed E-state index contributed by atoms with van der Waals surface area (Å²) in [7, 11) is 0. The zero-order chi connectivity index (χ0) is 26.9. The second-order valence-electron chi connectivity index (χ2n) is 10.5. The molecule has 9 nitrogen and oxygen atoms in total. The third-order valence-electron chi connectivity index (χ3n) is 6.67. The Labute approximate surface area is 213 Å². The Kier molecular flexibility index (Phi) is 6.99. The van der Waals surface area contributed by atoms with Gasteiger partial charge in [-0.2, -0.15) is 10.4 Å². The van der Waals surface area contributed by atoms with Gasteiger partial charge in [-0.1, -0.05) is 45.0 Å². The molecule has 1 fully saturated rings. The number of amides is 3. The Morgan fingerprint density at radius 1 is 1.22 bits per heavy atom. The van der Waals surface area contributed by atoms with Gasteiger partial charge in [-0.15, -0.1) is 0 Å². The molecule has 192 valence electrons. The molecule has 1 aliphatic rings. The third kappa shape index (κ3) is 5.45. The van der Waals surface area contributed by atoms with Crippen molar-refractivity contribution in [1.29, 1.82) is 5.26 Å². The zero-order valence-corrected chi connectivity index (χ0v) is 20.9. The SMILES string of the molecule is CC(C)(C)[C@H](NC(=O)c1nn(Cc2ccc(C#N)cc2F)c2ccccc12)C(=O)N[C@H]1C[C@@H](C(N)=O)C1. The van der Waals surface area contributed by atoms with E-state index in [1.807, 2.05) is 26.8 Å². The number of carbonyl (C=O) groups excluding carboxylic acids is 3. The summed E-state index contributed by atoms with van der Waals surface area (Å²) < 4.78 is 16.1. The fourth-order valence-corrected chi connectivity index (χ4v) is 4.45. The van der Waals surface area contributed by atoms with Crippen LogP contribution in [0.1, 0.15) is 55.2 Å². The number of benzene rings is 2. The highest BCUT2D eigenvalue weighted by Crippen LogP contribution is 2.28. The number of aromatic nitrogens is 2. The normalized spacial score (nSPS) is 17.9. The van der Waals surface area contributed by atoms with Crippen LogP contribution in [0.2, 0.25) is 0 Å². The van der Waals surface area contributed by atoms with E-state index < -0.39 is 23.2 Å². The van der Waals surface area contributed by atoms with Crippen LogP contribution in [0, 0.1) is 28.5 Å². The minimum atomic E-state index is -0.868. The minimum absolute atomic E-state index is 0.0528. The third-order valence-corrected chi connectivity index (χ3v) is 6.67. The van der Waals surface area contributed by atoms with Crippen molar-refractivity contribution in [3.05, 3.63) is 65.1 Å². The molecule has 0 aliphatic heterocycles. The molecular formula is C27H29FN6O3. The van der Waals surface area contributed by atoms with Crippen LogP contribution in [-0.2, 0) is 16.1 Å². The molecule has 0 spiro atoms. The summed E-state index contributed by atoms with van der Waals surface area (Å²) >= 11 is 0. The van der Waals surface area contributed by atoms with Crippen molar-refractivity contribution in [2.45, 2.75) is 52.2 Å². The van der Waals surface area contributed by atoms with Gasteiger partial charge in [0.15, 0.2) is 5.69 Å². The van der Waals surface area contributed by atoms with Crippen LogP contribution in [0.15, 0.2) is 42.5 Å². The molecule has 1 aromatic heterocycles. The molecule has 1 heterocycles. The lowest BCUT2D eigenvalue weighted by atomic mass is 9.79.